The summed E-state index contributed by atoms with van der Waals surface area (Å²) in [4.78, 5) is 0. The molecule has 3 aromatic rings. The van der Waals surface area contributed by atoms with Crippen molar-refractivity contribution in [2.24, 2.45) is 0 Å². The quantitative estimate of drug-likeness (QED) is 0.495. The summed E-state index contributed by atoms with van der Waals surface area (Å²) < 4.78 is 2.19. The number of halogens is 1. The van der Waals surface area contributed by atoms with Gasteiger partial charge >= 0.3 is 0 Å². The Balaban J connectivity index is 2.12. The van der Waals surface area contributed by atoms with E-state index in [2.05, 4.69) is 36.6 Å². The van der Waals surface area contributed by atoms with Gasteiger partial charge in [-0.25, -0.2) is 0 Å². The highest BCUT2D eigenvalue weighted by Crippen LogP contribution is 2.29. The standard InChI is InChI=1S/C23H21ClN2/c1-15-8-10-19(11-9-15)21(14-25)13-20-12-16(2)26(18(20)4)23-7-5-6-22(24)17(23)3/h5-13H,1-4H3/b21-13-. The number of benzene rings is 2. The van der Waals surface area contributed by atoms with E-state index in [1.165, 1.54) is 5.56 Å². The predicted octanol–water partition coefficient (Wildman–Crippen LogP) is 6.43. The molecule has 1 heterocycles. The molecule has 0 N–H and O–H groups in total. The lowest BCUT2D eigenvalue weighted by Gasteiger charge is -2.13. The van der Waals surface area contributed by atoms with Crippen LogP contribution in [-0.2, 0) is 0 Å². The van der Waals surface area contributed by atoms with Crippen molar-refractivity contribution in [1.82, 2.24) is 4.57 Å². The Morgan fingerprint density at radius 2 is 1.73 bits per heavy atom. The van der Waals surface area contributed by atoms with Crippen LogP contribution in [0.2, 0.25) is 5.02 Å². The second-order valence-corrected chi connectivity index (χ2v) is 6.99. The zero-order chi connectivity index (χ0) is 18.8. The number of nitrogens with zero attached hydrogens (tertiary/aromatic N) is 2. The van der Waals surface area contributed by atoms with E-state index < -0.39 is 0 Å². The largest absolute Gasteiger partial charge is 0.318 e. The first kappa shape index (κ1) is 18.0. The van der Waals surface area contributed by atoms with Gasteiger partial charge in [0.15, 0.2) is 0 Å². The Hall–Kier alpha value is -2.76. The lowest BCUT2D eigenvalue weighted by molar-refractivity contribution is 0.954. The van der Waals surface area contributed by atoms with Gasteiger partial charge in [-0.15, -0.1) is 0 Å². The molecule has 3 heteroatoms. The fraction of sp³-hybridized carbons (Fsp3) is 0.174. The number of hydrogen-bond acceptors (Lipinski definition) is 1. The maximum Gasteiger partial charge on any atom is 0.0998 e. The summed E-state index contributed by atoms with van der Waals surface area (Å²) in [6, 6.07) is 18.4. The zero-order valence-electron chi connectivity index (χ0n) is 15.5. The van der Waals surface area contributed by atoms with Crippen molar-refractivity contribution < 1.29 is 0 Å². The van der Waals surface area contributed by atoms with Gasteiger partial charge < -0.3 is 4.57 Å². The molecule has 0 fully saturated rings. The monoisotopic (exact) mass is 360 g/mol. The van der Waals surface area contributed by atoms with E-state index >= 15 is 0 Å². The Labute approximate surface area is 160 Å². The van der Waals surface area contributed by atoms with Crippen LogP contribution in [-0.4, -0.2) is 4.57 Å². The average molecular weight is 361 g/mol. The van der Waals surface area contributed by atoms with Crippen molar-refractivity contribution in [2.45, 2.75) is 27.7 Å². The first-order valence-corrected chi connectivity index (χ1v) is 8.93. The number of allylic oxidation sites excluding steroid dienone is 1. The number of rotatable bonds is 3. The van der Waals surface area contributed by atoms with E-state index in [1.807, 2.05) is 56.3 Å². The van der Waals surface area contributed by atoms with Crippen LogP contribution in [0.4, 0.5) is 0 Å². The highest BCUT2D eigenvalue weighted by Gasteiger charge is 2.13. The van der Waals surface area contributed by atoms with Gasteiger partial charge in [0, 0.05) is 22.1 Å². The molecule has 2 aromatic carbocycles. The van der Waals surface area contributed by atoms with Crippen molar-refractivity contribution in [3.05, 3.63) is 87.2 Å². The summed E-state index contributed by atoms with van der Waals surface area (Å²) in [6.07, 6.45) is 1.96. The predicted molar refractivity (Wildman–Crippen MR) is 110 cm³/mol. The zero-order valence-corrected chi connectivity index (χ0v) is 16.2. The van der Waals surface area contributed by atoms with E-state index in [0.29, 0.717) is 5.57 Å². The van der Waals surface area contributed by atoms with Crippen molar-refractivity contribution in [3.63, 3.8) is 0 Å². The molecule has 0 saturated heterocycles. The molecule has 3 rings (SSSR count). The van der Waals surface area contributed by atoms with E-state index in [1.54, 1.807) is 0 Å². The van der Waals surface area contributed by atoms with Crippen molar-refractivity contribution >= 4 is 23.3 Å². The van der Waals surface area contributed by atoms with Crippen LogP contribution < -0.4 is 0 Å². The molecule has 0 atom stereocenters. The molecular formula is C23H21ClN2. The minimum absolute atomic E-state index is 0.660. The molecular weight excluding hydrogens is 340 g/mol. The molecule has 1 aromatic heterocycles. The normalized spacial score (nSPS) is 11.5. The highest BCUT2D eigenvalue weighted by molar-refractivity contribution is 6.31. The minimum atomic E-state index is 0.660. The molecule has 0 amide bonds. The Morgan fingerprint density at radius 3 is 2.38 bits per heavy atom. The van der Waals surface area contributed by atoms with Gasteiger partial charge in [0.25, 0.3) is 0 Å². The first-order chi connectivity index (χ1) is 12.4. The SMILES string of the molecule is Cc1ccc(/C(C#N)=C\c2cc(C)n(-c3cccc(Cl)c3C)c2C)cc1. The van der Waals surface area contributed by atoms with Crippen LogP contribution in [0.25, 0.3) is 17.3 Å². The Kier molecular flexibility index (Phi) is 5.02. The van der Waals surface area contributed by atoms with Crippen LogP contribution in [0.3, 0.4) is 0 Å². The summed E-state index contributed by atoms with van der Waals surface area (Å²) in [5, 5.41) is 10.4. The number of nitriles is 1. The number of hydrogen-bond donors (Lipinski definition) is 0. The molecule has 0 aliphatic rings. The smallest absolute Gasteiger partial charge is 0.0998 e. The van der Waals surface area contributed by atoms with E-state index in [4.69, 9.17) is 11.6 Å². The van der Waals surface area contributed by atoms with Crippen LogP contribution in [0.15, 0.2) is 48.5 Å². The summed E-state index contributed by atoms with van der Waals surface area (Å²) in [5.41, 5.74) is 8.13. The molecule has 0 radical (unpaired) electrons. The minimum Gasteiger partial charge on any atom is -0.318 e. The van der Waals surface area contributed by atoms with Crippen LogP contribution in [0.1, 0.15) is 33.6 Å². The van der Waals surface area contributed by atoms with E-state index in [-0.39, 0.29) is 0 Å². The topological polar surface area (TPSA) is 28.7 Å². The molecule has 0 bridgehead atoms. The molecule has 2 nitrogen and oxygen atoms in total. The van der Waals surface area contributed by atoms with Gasteiger partial charge in [-0.3, -0.25) is 0 Å². The highest BCUT2D eigenvalue weighted by atomic mass is 35.5. The maximum atomic E-state index is 9.63. The second kappa shape index (κ2) is 7.23. The molecule has 0 aliphatic carbocycles. The molecule has 0 spiro atoms. The fourth-order valence-corrected chi connectivity index (χ4v) is 3.38. The summed E-state index contributed by atoms with van der Waals surface area (Å²) in [7, 11) is 0. The third-order valence-electron chi connectivity index (χ3n) is 4.73. The second-order valence-electron chi connectivity index (χ2n) is 6.58. The summed E-state index contributed by atoms with van der Waals surface area (Å²) >= 11 is 6.31. The number of aryl methyl sites for hydroxylation is 2. The average Bonchev–Trinajstić information content (AvgIpc) is 2.90. The number of aromatic nitrogens is 1. The molecule has 0 unspecified atom stereocenters. The third-order valence-corrected chi connectivity index (χ3v) is 5.14. The Morgan fingerprint density at radius 1 is 1.04 bits per heavy atom. The van der Waals surface area contributed by atoms with Gasteiger partial charge in [-0.1, -0.05) is 47.5 Å². The molecule has 130 valence electrons. The lowest BCUT2D eigenvalue weighted by Crippen LogP contribution is -2.01. The van der Waals surface area contributed by atoms with Crippen molar-refractivity contribution in [1.29, 1.82) is 5.26 Å². The molecule has 0 aliphatic heterocycles. The van der Waals surface area contributed by atoms with E-state index in [9.17, 15) is 5.26 Å². The summed E-state index contributed by atoms with van der Waals surface area (Å²) in [6.45, 7) is 8.21. The van der Waals surface area contributed by atoms with Crippen molar-refractivity contribution in [3.8, 4) is 11.8 Å². The molecule has 0 saturated carbocycles. The molecule has 26 heavy (non-hydrogen) atoms. The van der Waals surface area contributed by atoms with Gasteiger partial charge in [0.2, 0.25) is 0 Å². The Bertz CT molecular complexity index is 1030. The third kappa shape index (κ3) is 3.31. The maximum absolute atomic E-state index is 9.63. The lowest BCUT2D eigenvalue weighted by atomic mass is 10.0. The van der Waals surface area contributed by atoms with Gasteiger partial charge in [0.1, 0.15) is 0 Å². The van der Waals surface area contributed by atoms with Crippen LogP contribution in [0, 0.1) is 39.0 Å². The van der Waals surface area contributed by atoms with Crippen molar-refractivity contribution in [2.75, 3.05) is 0 Å². The fourth-order valence-electron chi connectivity index (χ4n) is 3.21. The van der Waals surface area contributed by atoms with Gasteiger partial charge in [-0.05, 0) is 68.7 Å². The van der Waals surface area contributed by atoms with Crippen LogP contribution in [0.5, 0.6) is 0 Å². The van der Waals surface area contributed by atoms with Gasteiger partial charge in [-0.2, -0.15) is 5.26 Å². The summed E-state index contributed by atoms with van der Waals surface area (Å²) in [5.74, 6) is 0. The van der Waals surface area contributed by atoms with E-state index in [0.717, 1.165) is 38.8 Å². The van der Waals surface area contributed by atoms with Gasteiger partial charge in [0.05, 0.1) is 11.6 Å². The first-order valence-electron chi connectivity index (χ1n) is 8.55. The van der Waals surface area contributed by atoms with Crippen LogP contribution >= 0.6 is 11.6 Å².